The van der Waals surface area contributed by atoms with E-state index in [1.54, 1.807) is 0 Å². The molecule has 4 heteroatoms. The van der Waals surface area contributed by atoms with E-state index >= 15 is 0 Å². The van der Waals surface area contributed by atoms with Crippen LogP contribution in [0.15, 0.2) is 36.3 Å². The summed E-state index contributed by atoms with van der Waals surface area (Å²) in [6.45, 7) is 4.88. The molecule has 4 nitrogen and oxygen atoms in total. The Morgan fingerprint density at radius 2 is 2.11 bits per heavy atom. The molecule has 1 heterocycles. The van der Waals surface area contributed by atoms with Crippen LogP contribution in [0.2, 0.25) is 0 Å². The van der Waals surface area contributed by atoms with Crippen LogP contribution in [0, 0.1) is 6.92 Å². The number of carbonyl (C=O) groups excluding carboxylic acids is 1. The van der Waals surface area contributed by atoms with Crippen molar-refractivity contribution < 1.29 is 14.3 Å². The monoisotopic (exact) mass is 247 g/mol. The molecule has 1 N–H and O–H groups in total. The molecule has 1 aliphatic heterocycles. The number of benzene rings is 1. The van der Waals surface area contributed by atoms with E-state index in [-0.39, 0.29) is 17.7 Å². The molecule has 0 radical (unpaired) electrons. The van der Waals surface area contributed by atoms with Gasteiger partial charge in [-0.05, 0) is 25.0 Å². The Labute approximate surface area is 107 Å². The van der Waals surface area contributed by atoms with Gasteiger partial charge in [0.15, 0.2) is 0 Å². The van der Waals surface area contributed by atoms with Crippen molar-refractivity contribution in [2.45, 2.75) is 19.9 Å². The Morgan fingerprint density at radius 3 is 2.78 bits per heavy atom. The van der Waals surface area contributed by atoms with E-state index in [0.29, 0.717) is 13.2 Å². The summed E-state index contributed by atoms with van der Waals surface area (Å²) in [7, 11) is 0. The lowest BCUT2D eigenvalue weighted by atomic mass is 10.0. The maximum absolute atomic E-state index is 11.9. The number of hydrogen-bond donors (Lipinski definition) is 1. The van der Waals surface area contributed by atoms with Crippen LogP contribution < -0.4 is 5.32 Å². The topological polar surface area (TPSA) is 47.6 Å². The molecular weight excluding hydrogens is 230 g/mol. The fourth-order valence-corrected chi connectivity index (χ4v) is 1.91. The fraction of sp³-hybridized carbons (Fsp3) is 0.357. The number of aryl methyl sites for hydroxylation is 1. The van der Waals surface area contributed by atoms with Gasteiger partial charge in [0.25, 0.3) is 5.91 Å². The lowest BCUT2D eigenvalue weighted by Gasteiger charge is -2.19. The summed E-state index contributed by atoms with van der Waals surface area (Å²) in [4.78, 5) is 11.9. The number of hydrogen-bond acceptors (Lipinski definition) is 3. The summed E-state index contributed by atoms with van der Waals surface area (Å²) in [6.07, 6.45) is 1.36. The number of nitrogens with one attached hydrogen (secondary N) is 1. The lowest BCUT2D eigenvalue weighted by Crippen LogP contribution is -2.31. The third-order valence-corrected chi connectivity index (χ3v) is 2.88. The Hall–Kier alpha value is -1.97. The smallest absolute Gasteiger partial charge is 0.290 e. The van der Waals surface area contributed by atoms with Crippen molar-refractivity contribution in [2.75, 3.05) is 13.2 Å². The van der Waals surface area contributed by atoms with Gasteiger partial charge in [0.05, 0.1) is 6.04 Å². The van der Waals surface area contributed by atoms with Crippen molar-refractivity contribution in [1.29, 1.82) is 0 Å². The quantitative estimate of drug-likeness (QED) is 0.889. The van der Waals surface area contributed by atoms with Crippen molar-refractivity contribution in [3.63, 3.8) is 0 Å². The molecule has 2 rings (SSSR count). The minimum atomic E-state index is -0.245. The molecule has 96 valence electrons. The summed E-state index contributed by atoms with van der Waals surface area (Å²) in [5.41, 5.74) is 2.25. The van der Waals surface area contributed by atoms with Gasteiger partial charge in [0, 0.05) is 0 Å². The Bertz CT molecular complexity index is 468. The SMILES string of the molecule is Cc1ccccc1C(C)NC(=O)C1=COCCO1. The third kappa shape index (κ3) is 2.83. The van der Waals surface area contributed by atoms with Crippen molar-refractivity contribution in [3.05, 3.63) is 47.4 Å². The van der Waals surface area contributed by atoms with Gasteiger partial charge >= 0.3 is 0 Å². The van der Waals surface area contributed by atoms with Crippen LogP contribution in [0.4, 0.5) is 0 Å². The van der Waals surface area contributed by atoms with Gasteiger partial charge in [-0.1, -0.05) is 24.3 Å². The van der Waals surface area contributed by atoms with Crippen molar-refractivity contribution in [1.82, 2.24) is 5.32 Å². The highest BCUT2D eigenvalue weighted by Crippen LogP contribution is 2.17. The zero-order valence-corrected chi connectivity index (χ0v) is 10.6. The second kappa shape index (κ2) is 5.58. The number of amides is 1. The molecule has 1 aromatic carbocycles. The van der Waals surface area contributed by atoms with Crippen LogP contribution in [0.1, 0.15) is 24.1 Å². The number of carbonyl (C=O) groups is 1. The largest absolute Gasteiger partial charge is 0.494 e. The molecule has 18 heavy (non-hydrogen) atoms. The number of rotatable bonds is 3. The van der Waals surface area contributed by atoms with Gasteiger partial charge in [0.1, 0.15) is 19.5 Å². The highest BCUT2D eigenvalue weighted by molar-refractivity contribution is 5.91. The average molecular weight is 247 g/mol. The molecule has 1 atom stereocenters. The molecule has 1 aliphatic rings. The summed E-state index contributed by atoms with van der Waals surface area (Å²) >= 11 is 0. The van der Waals surface area contributed by atoms with Crippen LogP contribution in [0.5, 0.6) is 0 Å². The maximum atomic E-state index is 11.9. The van der Waals surface area contributed by atoms with E-state index in [1.807, 2.05) is 38.1 Å². The van der Waals surface area contributed by atoms with Crippen molar-refractivity contribution in [3.8, 4) is 0 Å². The van der Waals surface area contributed by atoms with Gasteiger partial charge < -0.3 is 14.8 Å². The molecule has 0 fully saturated rings. The van der Waals surface area contributed by atoms with Crippen LogP contribution in [0.3, 0.4) is 0 Å². The second-order valence-corrected chi connectivity index (χ2v) is 4.25. The summed E-state index contributed by atoms with van der Waals surface area (Å²) in [5.74, 6) is -0.00728. The molecule has 0 spiro atoms. The first-order chi connectivity index (χ1) is 8.68. The van der Waals surface area contributed by atoms with Gasteiger partial charge in [-0.25, -0.2) is 0 Å². The predicted molar refractivity (Wildman–Crippen MR) is 67.7 cm³/mol. The minimum Gasteiger partial charge on any atom is -0.494 e. The van der Waals surface area contributed by atoms with E-state index < -0.39 is 0 Å². The fourth-order valence-electron chi connectivity index (χ4n) is 1.91. The average Bonchev–Trinajstić information content (AvgIpc) is 2.40. The summed E-state index contributed by atoms with van der Waals surface area (Å²) in [5, 5.41) is 2.89. The molecule has 1 unspecified atom stereocenters. The van der Waals surface area contributed by atoms with Crippen molar-refractivity contribution >= 4 is 5.91 Å². The van der Waals surface area contributed by atoms with E-state index in [2.05, 4.69) is 5.32 Å². The normalized spacial score (nSPS) is 16.0. The molecule has 0 saturated heterocycles. The Balaban J connectivity index is 2.03. The molecule has 0 aromatic heterocycles. The standard InChI is InChI=1S/C14H17NO3/c1-10-5-3-4-6-12(10)11(2)15-14(16)13-9-17-7-8-18-13/h3-6,9,11H,7-8H2,1-2H3,(H,15,16). The predicted octanol–water partition coefficient (Wildman–Crippen LogP) is 2.06. The zero-order valence-electron chi connectivity index (χ0n) is 10.6. The van der Waals surface area contributed by atoms with Crippen LogP contribution in [-0.2, 0) is 14.3 Å². The van der Waals surface area contributed by atoms with Gasteiger partial charge in [0.2, 0.25) is 5.76 Å². The molecule has 1 amide bonds. The van der Waals surface area contributed by atoms with Crippen LogP contribution in [0.25, 0.3) is 0 Å². The minimum absolute atomic E-state index is 0.0647. The third-order valence-electron chi connectivity index (χ3n) is 2.88. The van der Waals surface area contributed by atoms with E-state index in [4.69, 9.17) is 9.47 Å². The van der Waals surface area contributed by atoms with Gasteiger partial charge in [-0.15, -0.1) is 0 Å². The molecule has 0 aliphatic carbocycles. The zero-order chi connectivity index (χ0) is 13.0. The first-order valence-corrected chi connectivity index (χ1v) is 5.99. The first-order valence-electron chi connectivity index (χ1n) is 5.99. The van der Waals surface area contributed by atoms with E-state index in [0.717, 1.165) is 11.1 Å². The van der Waals surface area contributed by atoms with E-state index in [1.165, 1.54) is 6.26 Å². The highest BCUT2D eigenvalue weighted by Gasteiger charge is 2.18. The second-order valence-electron chi connectivity index (χ2n) is 4.25. The highest BCUT2D eigenvalue weighted by atomic mass is 16.6. The van der Waals surface area contributed by atoms with Gasteiger partial charge in [-0.3, -0.25) is 4.79 Å². The molecule has 1 aromatic rings. The molecule has 0 saturated carbocycles. The van der Waals surface area contributed by atoms with Gasteiger partial charge in [-0.2, -0.15) is 0 Å². The Kier molecular flexibility index (Phi) is 3.87. The molecule has 0 bridgehead atoms. The van der Waals surface area contributed by atoms with Crippen LogP contribution in [-0.4, -0.2) is 19.1 Å². The summed E-state index contributed by atoms with van der Waals surface area (Å²) in [6, 6.07) is 7.91. The van der Waals surface area contributed by atoms with Crippen LogP contribution >= 0.6 is 0 Å². The first kappa shape index (κ1) is 12.5. The summed E-state index contributed by atoms with van der Waals surface area (Å²) < 4.78 is 10.3. The van der Waals surface area contributed by atoms with E-state index in [9.17, 15) is 4.79 Å². The maximum Gasteiger partial charge on any atom is 0.290 e. The Morgan fingerprint density at radius 1 is 1.33 bits per heavy atom. The van der Waals surface area contributed by atoms with Crippen molar-refractivity contribution in [2.24, 2.45) is 0 Å². The lowest BCUT2D eigenvalue weighted by molar-refractivity contribution is -0.122. The number of ether oxygens (including phenoxy) is 2. The molecular formula is C14H17NO3.